The van der Waals surface area contributed by atoms with Crippen molar-refractivity contribution >= 4 is 0 Å². The number of unbranched alkanes of at least 4 members (excludes halogenated alkanes) is 1. The summed E-state index contributed by atoms with van der Waals surface area (Å²) < 4.78 is 2.05. The fourth-order valence-electron chi connectivity index (χ4n) is 1.70. The maximum atomic E-state index is 5.56. The van der Waals surface area contributed by atoms with Crippen LogP contribution in [-0.2, 0) is 19.4 Å². The summed E-state index contributed by atoms with van der Waals surface area (Å²) in [6.07, 6.45) is 5.41. The van der Waals surface area contributed by atoms with Gasteiger partial charge in [-0.25, -0.2) is 4.68 Å². The molecule has 86 valence electrons. The molecule has 1 aromatic heterocycles. The lowest BCUT2D eigenvalue weighted by atomic mass is 10.1. The molecular formula is C11H22N4. The van der Waals surface area contributed by atoms with Crippen LogP contribution in [0.3, 0.4) is 0 Å². The largest absolute Gasteiger partial charge is 0.330 e. The van der Waals surface area contributed by atoms with E-state index in [0.717, 1.165) is 31.5 Å². The lowest BCUT2D eigenvalue weighted by molar-refractivity contribution is 0.530. The highest BCUT2D eigenvalue weighted by atomic mass is 15.4. The van der Waals surface area contributed by atoms with Gasteiger partial charge in [0.2, 0.25) is 0 Å². The minimum absolute atomic E-state index is 0.656. The molecule has 1 rings (SSSR count). The van der Waals surface area contributed by atoms with Gasteiger partial charge in [0.05, 0.1) is 11.4 Å². The molecule has 15 heavy (non-hydrogen) atoms. The minimum atomic E-state index is 0.656. The van der Waals surface area contributed by atoms with E-state index >= 15 is 0 Å². The Morgan fingerprint density at radius 1 is 1.20 bits per heavy atom. The number of rotatable bonds is 7. The fraction of sp³-hybridized carbons (Fsp3) is 0.818. The Morgan fingerprint density at radius 3 is 2.60 bits per heavy atom. The molecular weight excluding hydrogens is 188 g/mol. The van der Waals surface area contributed by atoms with Crippen LogP contribution in [0.1, 0.15) is 44.5 Å². The summed E-state index contributed by atoms with van der Waals surface area (Å²) in [5.74, 6) is 0. The van der Waals surface area contributed by atoms with Crippen LogP contribution in [0.5, 0.6) is 0 Å². The van der Waals surface area contributed by atoms with Crippen molar-refractivity contribution in [2.45, 2.75) is 52.5 Å². The van der Waals surface area contributed by atoms with Crippen molar-refractivity contribution < 1.29 is 0 Å². The average Bonchev–Trinajstić information content (AvgIpc) is 2.60. The number of nitrogens with two attached hydrogens (primary N) is 1. The predicted octanol–water partition coefficient (Wildman–Crippen LogP) is 1.53. The van der Waals surface area contributed by atoms with Gasteiger partial charge in [-0.15, -0.1) is 5.10 Å². The molecule has 1 aromatic rings. The summed E-state index contributed by atoms with van der Waals surface area (Å²) in [6.45, 7) is 6.02. The van der Waals surface area contributed by atoms with Crippen LogP contribution in [0.2, 0.25) is 0 Å². The van der Waals surface area contributed by atoms with Crippen LogP contribution >= 0.6 is 0 Å². The molecule has 0 unspecified atom stereocenters. The van der Waals surface area contributed by atoms with Gasteiger partial charge in [0, 0.05) is 13.0 Å². The second-order valence-corrected chi connectivity index (χ2v) is 3.85. The molecule has 0 spiro atoms. The molecule has 2 N–H and O–H groups in total. The fourth-order valence-corrected chi connectivity index (χ4v) is 1.70. The van der Waals surface area contributed by atoms with E-state index in [9.17, 15) is 0 Å². The first-order valence-corrected chi connectivity index (χ1v) is 5.94. The first-order valence-electron chi connectivity index (χ1n) is 5.94. The van der Waals surface area contributed by atoms with Crippen molar-refractivity contribution in [2.75, 3.05) is 6.54 Å². The van der Waals surface area contributed by atoms with Gasteiger partial charge >= 0.3 is 0 Å². The maximum absolute atomic E-state index is 5.56. The van der Waals surface area contributed by atoms with Crippen LogP contribution in [-0.4, -0.2) is 21.5 Å². The molecule has 0 aromatic carbocycles. The predicted molar refractivity (Wildman–Crippen MR) is 61.7 cm³/mol. The Labute approximate surface area is 91.9 Å². The van der Waals surface area contributed by atoms with Gasteiger partial charge in [-0.3, -0.25) is 0 Å². The van der Waals surface area contributed by atoms with Crippen molar-refractivity contribution in [3.8, 4) is 0 Å². The molecule has 4 heteroatoms. The molecule has 4 nitrogen and oxygen atoms in total. The second kappa shape index (κ2) is 6.56. The smallest absolute Gasteiger partial charge is 0.0871 e. The third-order valence-electron chi connectivity index (χ3n) is 2.51. The van der Waals surface area contributed by atoms with Crippen molar-refractivity contribution in [3.63, 3.8) is 0 Å². The van der Waals surface area contributed by atoms with E-state index in [2.05, 4.69) is 28.8 Å². The zero-order valence-corrected chi connectivity index (χ0v) is 9.87. The third kappa shape index (κ3) is 3.30. The lowest BCUT2D eigenvalue weighted by Crippen LogP contribution is -2.09. The summed E-state index contributed by atoms with van der Waals surface area (Å²) in [6, 6.07) is 0. The quantitative estimate of drug-likeness (QED) is 0.742. The van der Waals surface area contributed by atoms with Crippen LogP contribution in [0.15, 0.2) is 0 Å². The first-order chi connectivity index (χ1) is 7.33. The minimum Gasteiger partial charge on any atom is -0.330 e. The van der Waals surface area contributed by atoms with Crippen molar-refractivity contribution in [3.05, 3.63) is 11.4 Å². The molecule has 0 saturated carbocycles. The molecule has 0 amide bonds. The van der Waals surface area contributed by atoms with Gasteiger partial charge in [0.15, 0.2) is 0 Å². The molecule has 1 heterocycles. The molecule has 0 fully saturated rings. The highest BCUT2D eigenvalue weighted by Crippen LogP contribution is 2.10. The third-order valence-corrected chi connectivity index (χ3v) is 2.51. The zero-order valence-electron chi connectivity index (χ0n) is 9.87. The normalized spacial score (nSPS) is 10.9. The second-order valence-electron chi connectivity index (χ2n) is 3.85. The van der Waals surface area contributed by atoms with Crippen LogP contribution < -0.4 is 5.73 Å². The average molecular weight is 210 g/mol. The molecule has 0 radical (unpaired) electrons. The maximum Gasteiger partial charge on any atom is 0.0871 e. The monoisotopic (exact) mass is 210 g/mol. The lowest BCUT2D eigenvalue weighted by Gasteiger charge is -2.05. The van der Waals surface area contributed by atoms with Gasteiger partial charge in [-0.05, 0) is 19.4 Å². The van der Waals surface area contributed by atoms with Gasteiger partial charge in [0.25, 0.3) is 0 Å². The molecule has 0 atom stereocenters. The Bertz CT molecular complexity index is 280. The number of hydrogen-bond donors (Lipinski definition) is 1. The topological polar surface area (TPSA) is 56.7 Å². The molecule has 0 saturated heterocycles. The van der Waals surface area contributed by atoms with Crippen molar-refractivity contribution in [1.82, 2.24) is 15.0 Å². The van der Waals surface area contributed by atoms with E-state index in [4.69, 9.17) is 5.73 Å². The number of aryl methyl sites for hydroxylation is 1. The van der Waals surface area contributed by atoms with E-state index in [-0.39, 0.29) is 0 Å². The van der Waals surface area contributed by atoms with Crippen LogP contribution in [0.4, 0.5) is 0 Å². The highest BCUT2D eigenvalue weighted by Gasteiger charge is 2.10. The van der Waals surface area contributed by atoms with E-state index < -0.39 is 0 Å². The summed E-state index contributed by atoms with van der Waals surface area (Å²) in [5.41, 5.74) is 7.94. The van der Waals surface area contributed by atoms with E-state index in [1.165, 1.54) is 18.5 Å². The van der Waals surface area contributed by atoms with Gasteiger partial charge in [-0.2, -0.15) is 0 Å². The van der Waals surface area contributed by atoms with Gasteiger partial charge < -0.3 is 5.73 Å². The van der Waals surface area contributed by atoms with Gasteiger partial charge in [-0.1, -0.05) is 31.9 Å². The zero-order chi connectivity index (χ0) is 11.1. The van der Waals surface area contributed by atoms with Crippen LogP contribution in [0.25, 0.3) is 0 Å². The highest BCUT2D eigenvalue weighted by molar-refractivity contribution is 5.10. The van der Waals surface area contributed by atoms with Crippen molar-refractivity contribution in [1.29, 1.82) is 0 Å². The first kappa shape index (κ1) is 12.2. The molecule has 0 aliphatic heterocycles. The summed E-state index contributed by atoms with van der Waals surface area (Å²) in [4.78, 5) is 0. The Kier molecular flexibility index (Phi) is 5.32. The molecule has 0 bridgehead atoms. The summed E-state index contributed by atoms with van der Waals surface area (Å²) >= 11 is 0. The summed E-state index contributed by atoms with van der Waals surface area (Å²) in [5, 5.41) is 8.41. The molecule has 0 aliphatic rings. The SMILES string of the molecule is CCCCn1nnc(CCN)c1CCC. The van der Waals surface area contributed by atoms with E-state index in [1.807, 2.05) is 0 Å². The van der Waals surface area contributed by atoms with E-state index in [1.54, 1.807) is 0 Å². The Balaban J connectivity index is 2.75. The number of aromatic nitrogens is 3. The van der Waals surface area contributed by atoms with Crippen LogP contribution in [0, 0.1) is 0 Å². The molecule has 0 aliphatic carbocycles. The number of nitrogens with zero attached hydrogens (tertiary/aromatic N) is 3. The summed E-state index contributed by atoms with van der Waals surface area (Å²) in [7, 11) is 0. The standard InChI is InChI=1S/C11H22N4/c1-3-5-9-15-11(6-4-2)10(7-8-12)13-14-15/h3-9,12H2,1-2H3. The van der Waals surface area contributed by atoms with Gasteiger partial charge in [0.1, 0.15) is 0 Å². The Hall–Kier alpha value is -0.900. The Morgan fingerprint density at radius 2 is 2.00 bits per heavy atom. The van der Waals surface area contributed by atoms with Crippen molar-refractivity contribution in [2.24, 2.45) is 5.73 Å². The number of hydrogen-bond acceptors (Lipinski definition) is 3. The van der Waals surface area contributed by atoms with E-state index in [0.29, 0.717) is 6.54 Å².